The number of rotatable bonds is 4. The summed E-state index contributed by atoms with van der Waals surface area (Å²) < 4.78 is 6.79. The van der Waals surface area contributed by atoms with Gasteiger partial charge in [-0.3, -0.25) is 9.36 Å². The van der Waals surface area contributed by atoms with Gasteiger partial charge in [0, 0.05) is 23.1 Å². The molecule has 0 atom stereocenters. The number of thiophene rings is 1. The van der Waals surface area contributed by atoms with Gasteiger partial charge in [0.25, 0.3) is 5.56 Å². The number of hydrogen-bond acceptors (Lipinski definition) is 4. The predicted molar refractivity (Wildman–Crippen MR) is 106 cm³/mol. The Hall–Kier alpha value is -3.38. The zero-order valence-electron chi connectivity index (χ0n) is 14.4. The van der Waals surface area contributed by atoms with Gasteiger partial charge in [-0.15, -0.1) is 11.3 Å². The lowest BCUT2D eigenvalue weighted by molar-refractivity contribution is 0.0703. The largest absolute Gasteiger partial charge is 0.497 e. The summed E-state index contributed by atoms with van der Waals surface area (Å²) in [5.74, 6) is -0.394. The lowest BCUT2D eigenvalue weighted by Crippen LogP contribution is -2.16. The van der Waals surface area contributed by atoms with Gasteiger partial charge in [0.05, 0.1) is 12.8 Å². The van der Waals surface area contributed by atoms with Crippen LogP contribution in [0.3, 0.4) is 0 Å². The van der Waals surface area contributed by atoms with Gasteiger partial charge >= 0.3 is 5.97 Å². The normalized spacial score (nSPS) is 10.9. The summed E-state index contributed by atoms with van der Waals surface area (Å²) in [4.78, 5) is 25.3. The molecular weight excluding hydrogens is 362 g/mol. The van der Waals surface area contributed by atoms with Gasteiger partial charge in [-0.05, 0) is 23.8 Å². The Morgan fingerprint density at radius 1 is 1.04 bits per heavy atom. The van der Waals surface area contributed by atoms with Crippen LogP contribution < -0.4 is 10.3 Å². The molecule has 1 N–H and O–H groups in total. The quantitative estimate of drug-likeness (QED) is 0.571. The zero-order chi connectivity index (χ0) is 19.0. The van der Waals surface area contributed by atoms with Crippen molar-refractivity contribution >= 4 is 27.5 Å². The van der Waals surface area contributed by atoms with Crippen LogP contribution in [0.1, 0.15) is 9.67 Å². The van der Waals surface area contributed by atoms with Crippen LogP contribution in [0.2, 0.25) is 0 Å². The van der Waals surface area contributed by atoms with Gasteiger partial charge in [-0.25, -0.2) is 4.79 Å². The second kappa shape index (κ2) is 6.74. The van der Waals surface area contributed by atoms with E-state index in [0.29, 0.717) is 21.8 Å². The molecule has 134 valence electrons. The van der Waals surface area contributed by atoms with E-state index in [1.807, 2.05) is 30.3 Å². The summed E-state index contributed by atoms with van der Waals surface area (Å²) in [6.07, 6.45) is 0. The van der Waals surface area contributed by atoms with Crippen molar-refractivity contribution in [2.45, 2.75) is 0 Å². The first-order chi connectivity index (χ1) is 13.1. The van der Waals surface area contributed by atoms with Gasteiger partial charge in [-0.2, -0.15) is 0 Å². The first-order valence-corrected chi connectivity index (χ1v) is 9.03. The van der Waals surface area contributed by atoms with Crippen LogP contribution in [0, 0.1) is 0 Å². The minimum atomic E-state index is -1.01. The van der Waals surface area contributed by atoms with E-state index in [1.54, 1.807) is 37.4 Å². The molecule has 0 spiro atoms. The van der Waals surface area contributed by atoms with Gasteiger partial charge in [-0.1, -0.05) is 36.4 Å². The van der Waals surface area contributed by atoms with Gasteiger partial charge < -0.3 is 9.84 Å². The number of nitrogens with zero attached hydrogens (tertiary/aromatic N) is 1. The number of fused-ring (bicyclic) bond motifs is 1. The number of carboxylic acids is 1. The first-order valence-electron chi connectivity index (χ1n) is 8.22. The Morgan fingerprint density at radius 3 is 2.52 bits per heavy atom. The summed E-state index contributed by atoms with van der Waals surface area (Å²) in [6.45, 7) is 0. The molecule has 0 fully saturated rings. The molecule has 0 amide bonds. The third-order valence-corrected chi connectivity index (χ3v) is 5.49. The first kappa shape index (κ1) is 17.1. The van der Waals surface area contributed by atoms with Crippen molar-refractivity contribution in [1.82, 2.24) is 4.57 Å². The third-order valence-electron chi connectivity index (χ3n) is 4.31. The standard InChI is InChI=1S/C21H15NO4S/c1-26-15-9-5-8-14(12-15)22-17(23)11-10-16-18(13-6-3-2-4-7-13)19(21(24)25)27-20(16)22/h2-12H,1H3,(H,24,25). The maximum Gasteiger partial charge on any atom is 0.346 e. The molecule has 0 bridgehead atoms. The molecule has 0 saturated heterocycles. The molecule has 0 saturated carbocycles. The average molecular weight is 377 g/mol. The van der Waals surface area contributed by atoms with Crippen molar-refractivity contribution in [2.75, 3.05) is 7.11 Å². The fourth-order valence-corrected chi connectivity index (χ4v) is 4.30. The van der Waals surface area contributed by atoms with Crippen LogP contribution in [0.5, 0.6) is 5.75 Å². The molecule has 0 aliphatic heterocycles. The summed E-state index contributed by atoms with van der Waals surface area (Å²) in [5.41, 5.74) is 1.83. The second-order valence-electron chi connectivity index (χ2n) is 5.90. The summed E-state index contributed by atoms with van der Waals surface area (Å²) in [7, 11) is 1.56. The monoisotopic (exact) mass is 377 g/mol. The minimum Gasteiger partial charge on any atom is -0.497 e. The highest BCUT2D eigenvalue weighted by Gasteiger charge is 2.22. The van der Waals surface area contributed by atoms with Gasteiger partial charge in [0.15, 0.2) is 0 Å². The Morgan fingerprint density at radius 2 is 1.81 bits per heavy atom. The maximum absolute atomic E-state index is 12.6. The number of ether oxygens (including phenoxy) is 1. The number of pyridine rings is 1. The number of aromatic carboxylic acids is 1. The van der Waals surface area contributed by atoms with E-state index < -0.39 is 5.97 Å². The van der Waals surface area contributed by atoms with E-state index in [9.17, 15) is 14.7 Å². The van der Waals surface area contributed by atoms with Crippen LogP contribution in [-0.4, -0.2) is 22.8 Å². The smallest absolute Gasteiger partial charge is 0.346 e. The molecule has 4 rings (SSSR count). The van der Waals surface area contributed by atoms with E-state index in [1.165, 1.54) is 10.6 Å². The van der Waals surface area contributed by atoms with Crippen LogP contribution in [0.15, 0.2) is 71.5 Å². The highest BCUT2D eigenvalue weighted by Crippen LogP contribution is 2.39. The third kappa shape index (κ3) is 2.90. The van der Waals surface area contributed by atoms with Crippen molar-refractivity contribution in [3.8, 4) is 22.6 Å². The Labute approximate surface area is 158 Å². The van der Waals surface area contributed by atoms with Crippen LogP contribution >= 0.6 is 11.3 Å². The zero-order valence-corrected chi connectivity index (χ0v) is 15.2. The molecule has 0 aliphatic rings. The Kier molecular flexibility index (Phi) is 4.25. The second-order valence-corrected chi connectivity index (χ2v) is 6.90. The van der Waals surface area contributed by atoms with E-state index in [2.05, 4.69) is 0 Å². The lowest BCUT2D eigenvalue weighted by Gasteiger charge is -2.09. The van der Waals surface area contributed by atoms with Gasteiger partial charge in [0.1, 0.15) is 15.5 Å². The SMILES string of the molecule is COc1cccc(-n2c(=O)ccc3c(-c4ccccc4)c(C(=O)O)sc32)c1. The molecule has 4 aromatic rings. The number of aromatic nitrogens is 1. The molecule has 2 aromatic heterocycles. The topological polar surface area (TPSA) is 68.5 Å². The molecule has 2 heterocycles. The van der Waals surface area contributed by atoms with Crippen molar-refractivity contribution in [3.05, 3.63) is 82.0 Å². The highest BCUT2D eigenvalue weighted by molar-refractivity contribution is 7.21. The molecule has 0 radical (unpaired) electrons. The number of hydrogen-bond donors (Lipinski definition) is 1. The molecular formula is C21H15NO4S. The molecule has 2 aromatic carbocycles. The summed E-state index contributed by atoms with van der Waals surface area (Å²) >= 11 is 1.10. The van der Waals surface area contributed by atoms with Crippen molar-refractivity contribution < 1.29 is 14.6 Å². The van der Waals surface area contributed by atoms with Gasteiger partial charge in [0.2, 0.25) is 0 Å². The van der Waals surface area contributed by atoms with Crippen LogP contribution in [0.4, 0.5) is 0 Å². The Bertz CT molecular complexity index is 1210. The number of carboxylic acid groups (broad SMARTS) is 1. The van der Waals surface area contributed by atoms with Crippen molar-refractivity contribution in [3.63, 3.8) is 0 Å². The predicted octanol–water partition coefficient (Wildman–Crippen LogP) is 4.43. The van der Waals surface area contributed by atoms with Crippen molar-refractivity contribution in [1.29, 1.82) is 0 Å². The summed E-state index contributed by atoms with van der Waals surface area (Å²) in [6, 6.07) is 19.6. The highest BCUT2D eigenvalue weighted by atomic mass is 32.1. The van der Waals surface area contributed by atoms with E-state index in [0.717, 1.165) is 22.3 Å². The number of carbonyl (C=O) groups is 1. The number of benzene rings is 2. The molecule has 5 nitrogen and oxygen atoms in total. The lowest BCUT2D eigenvalue weighted by atomic mass is 10.0. The van der Waals surface area contributed by atoms with Crippen LogP contribution in [0.25, 0.3) is 27.0 Å². The maximum atomic E-state index is 12.6. The fourth-order valence-electron chi connectivity index (χ4n) is 3.12. The Balaban J connectivity index is 2.09. The van der Waals surface area contributed by atoms with E-state index in [4.69, 9.17) is 4.74 Å². The minimum absolute atomic E-state index is 0.207. The van der Waals surface area contributed by atoms with Crippen LogP contribution in [-0.2, 0) is 0 Å². The van der Waals surface area contributed by atoms with E-state index in [-0.39, 0.29) is 10.4 Å². The van der Waals surface area contributed by atoms with Crippen molar-refractivity contribution in [2.24, 2.45) is 0 Å². The molecule has 0 unspecified atom stereocenters. The van der Waals surface area contributed by atoms with E-state index >= 15 is 0 Å². The summed E-state index contributed by atoms with van der Waals surface area (Å²) in [5, 5.41) is 10.5. The average Bonchev–Trinajstić information content (AvgIpc) is 3.08. The molecule has 0 aliphatic carbocycles. The molecule has 6 heteroatoms. The fraction of sp³-hybridized carbons (Fsp3) is 0.0476. The number of methoxy groups -OCH3 is 1. The molecule has 27 heavy (non-hydrogen) atoms.